The number of amides is 1. The predicted molar refractivity (Wildman–Crippen MR) is 115 cm³/mol. The molecule has 0 atom stereocenters. The quantitative estimate of drug-likeness (QED) is 0.388. The molecule has 0 bridgehead atoms. The lowest BCUT2D eigenvalue weighted by Gasteiger charge is -2.11. The van der Waals surface area contributed by atoms with Gasteiger partial charge in [0, 0.05) is 48.5 Å². The minimum atomic E-state index is -4.64. The Morgan fingerprint density at radius 1 is 0.971 bits per heavy atom. The second kappa shape index (κ2) is 9.44. The van der Waals surface area contributed by atoms with Crippen molar-refractivity contribution in [2.24, 2.45) is 7.05 Å². The molecule has 3 aromatic heterocycles. The maximum atomic E-state index is 14.7. The number of rotatable bonds is 6. The Kier molecular flexibility index (Phi) is 6.40. The van der Waals surface area contributed by atoms with E-state index in [-0.39, 0.29) is 28.3 Å². The van der Waals surface area contributed by atoms with Crippen molar-refractivity contribution in [1.82, 2.24) is 24.7 Å². The van der Waals surface area contributed by atoms with Gasteiger partial charge in [0.25, 0.3) is 0 Å². The van der Waals surface area contributed by atoms with Crippen molar-refractivity contribution in [3.05, 3.63) is 78.1 Å². The van der Waals surface area contributed by atoms with Crippen LogP contribution >= 0.6 is 0 Å². The number of hydrogen-bond acceptors (Lipinski definition) is 6. The number of anilines is 3. The largest absolute Gasteiger partial charge is 0.417 e. The smallest absolute Gasteiger partial charge is 0.324 e. The molecule has 0 unspecified atom stereocenters. The Balaban J connectivity index is 1.46. The van der Waals surface area contributed by atoms with E-state index in [1.54, 1.807) is 24.1 Å². The molecule has 0 aliphatic rings. The zero-order valence-corrected chi connectivity index (χ0v) is 17.9. The van der Waals surface area contributed by atoms with Gasteiger partial charge in [-0.3, -0.25) is 14.5 Å². The van der Waals surface area contributed by atoms with E-state index in [0.717, 1.165) is 18.3 Å². The van der Waals surface area contributed by atoms with Crippen molar-refractivity contribution in [3.63, 3.8) is 0 Å². The first kappa shape index (κ1) is 23.7. The summed E-state index contributed by atoms with van der Waals surface area (Å²) < 4.78 is 69.3. The number of benzene rings is 1. The number of nitrogens with one attached hydrogen (secondary N) is 2. The first-order valence-corrected chi connectivity index (χ1v) is 9.96. The Bertz CT molecular complexity index is 1370. The number of aryl methyl sites for hydroxylation is 1. The normalized spacial score (nSPS) is 11.4. The number of aromatic nitrogens is 5. The van der Waals surface area contributed by atoms with Crippen molar-refractivity contribution in [1.29, 1.82) is 0 Å². The molecule has 0 radical (unpaired) electrons. The number of alkyl halides is 3. The summed E-state index contributed by atoms with van der Waals surface area (Å²) in [6.07, 6.45) is 2.23. The molecule has 1 aromatic carbocycles. The molecule has 0 fully saturated rings. The molecule has 0 saturated carbocycles. The predicted octanol–water partition coefficient (Wildman–Crippen LogP) is 4.49. The molecule has 35 heavy (non-hydrogen) atoms. The summed E-state index contributed by atoms with van der Waals surface area (Å²) in [6, 6.07) is 2.44. The highest BCUT2D eigenvalue weighted by Gasteiger charge is 2.31. The van der Waals surface area contributed by atoms with Crippen LogP contribution in [0.3, 0.4) is 0 Å². The van der Waals surface area contributed by atoms with Crippen LogP contribution in [0.2, 0.25) is 0 Å². The van der Waals surface area contributed by atoms with E-state index in [2.05, 4.69) is 30.7 Å². The fourth-order valence-corrected chi connectivity index (χ4v) is 3.13. The lowest BCUT2D eigenvalue weighted by Crippen LogP contribution is -2.16. The molecule has 2 N–H and O–H groups in total. The first-order valence-electron chi connectivity index (χ1n) is 9.96. The summed E-state index contributed by atoms with van der Waals surface area (Å²) in [7, 11) is 1.74. The molecule has 4 aromatic rings. The van der Waals surface area contributed by atoms with Gasteiger partial charge in [0.15, 0.2) is 0 Å². The third kappa shape index (κ3) is 5.75. The van der Waals surface area contributed by atoms with Crippen LogP contribution in [0.4, 0.5) is 39.3 Å². The van der Waals surface area contributed by atoms with Crippen LogP contribution in [0.5, 0.6) is 0 Å². The number of halogens is 5. The molecule has 1 amide bonds. The zero-order valence-electron chi connectivity index (χ0n) is 17.9. The van der Waals surface area contributed by atoms with Crippen molar-refractivity contribution in [2.75, 3.05) is 10.6 Å². The number of nitrogens with zero attached hydrogens (tertiary/aromatic N) is 5. The Labute approximate surface area is 194 Å². The van der Waals surface area contributed by atoms with E-state index in [0.29, 0.717) is 18.0 Å². The second-order valence-corrected chi connectivity index (χ2v) is 7.43. The van der Waals surface area contributed by atoms with Gasteiger partial charge in [0.1, 0.15) is 11.6 Å². The lowest BCUT2D eigenvalue weighted by atomic mass is 10.0. The number of carbonyl (C=O) groups is 1. The van der Waals surface area contributed by atoms with Gasteiger partial charge in [-0.1, -0.05) is 0 Å². The third-order valence-corrected chi connectivity index (χ3v) is 4.76. The van der Waals surface area contributed by atoms with E-state index >= 15 is 0 Å². The highest BCUT2D eigenvalue weighted by Crippen LogP contribution is 2.30. The van der Waals surface area contributed by atoms with E-state index in [9.17, 15) is 26.7 Å². The molecule has 3 heterocycles. The van der Waals surface area contributed by atoms with Gasteiger partial charge in [0.05, 0.1) is 35.8 Å². The highest BCUT2D eigenvalue weighted by atomic mass is 19.4. The molecule has 0 aliphatic heterocycles. The third-order valence-electron chi connectivity index (χ3n) is 4.76. The Hall–Kier alpha value is -4.42. The van der Waals surface area contributed by atoms with Crippen molar-refractivity contribution >= 4 is 23.2 Å². The van der Waals surface area contributed by atoms with Gasteiger partial charge < -0.3 is 10.6 Å². The van der Waals surface area contributed by atoms with Crippen molar-refractivity contribution in [2.45, 2.75) is 12.6 Å². The minimum Gasteiger partial charge on any atom is -0.324 e. The molecule has 0 saturated heterocycles. The molecular formula is C22H16F5N7O. The lowest BCUT2D eigenvalue weighted by molar-refractivity contribution is -0.137. The highest BCUT2D eigenvalue weighted by molar-refractivity contribution is 5.92. The second-order valence-electron chi connectivity index (χ2n) is 7.43. The maximum Gasteiger partial charge on any atom is 0.417 e. The molecule has 13 heteroatoms. The minimum absolute atomic E-state index is 0.123. The van der Waals surface area contributed by atoms with Crippen LogP contribution in [0.25, 0.3) is 11.1 Å². The van der Waals surface area contributed by atoms with E-state index in [1.807, 2.05) is 0 Å². The SMILES string of the molecule is Cn1cc(Nc2ncc(-c3cc(F)c(CC(=O)Nc4cncc(C(F)(F)F)c4)cc3F)cn2)cn1. The molecule has 4 rings (SSSR count). The molecular weight excluding hydrogens is 473 g/mol. The summed E-state index contributed by atoms with van der Waals surface area (Å²) in [4.78, 5) is 23.8. The van der Waals surface area contributed by atoms with E-state index < -0.39 is 35.7 Å². The van der Waals surface area contributed by atoms with Gasteiger partial charge in [0.2, 0.25) is 11.9 Å². The topological polar surface area (TPSA) is 97.6 Å². The van der Waals surface area contributed by atoms with Gasteiger partial charge in [-0.25, -0.2) is 18.7 Å². The molecule has 8 nitrogen and oxygen atoms in total. The molecule has 0 spiro atoms. The van der Waals surface area contributed by atoms with Crippen LogP contribution < -0.4 is 10.6 Å². The van der Waals surface area contributed by atoms with Gasteiger partial charge in [-0.05, 0) is 18.2 Å². The van der Waals surface area contributed by atoms with Crippen molar-refractivity contribution in [3.8, 4) is 11.1 Å². The van der Waals surface area contributed by atoms with Crippen LogP contribution in [0.15, 0.2) is 55.4 Å². The summed E-state index contributed by atoms with van der Waals surface area (Å²) in [5, 5.41) is 9.10. The standard InChI is InChI=1S/C22H16F5N7O/c1-34-11-16(10-31-34)33-21-29-6-13(7-30-21)17-5-18(23)12(2-19(17)24)3-20(35)32-15-4-14(8-28-9-15)22(25,26)27/h2,4-11H,3H2,1H3,(H,32,35)(H,29,30,33). The molecule has 180 valence electrons. The van der Waals surface area contributed by atoms with Crippen LogP contribution in [0, 0.1) is 11.6 Å². The first-order chi connectivity index (χ1) is 16.6. The molecule has 0 aliphatic carbocycles. The van der Waals surface area contributed by atoms with Gasteiger partial charge in [-0.2, -0.15) is 18.3 Å². The Morgan fingerprint density at radius 3 is 2.37 bits per heavy atom. The summed E-state index contributed by atoms with van der Waals surface area (Å²) >= 11 is 0. The van der Waals surface area contributed by atoms with Crippen LogP contribution in [-0.2, 0) is 24.4 Å². The average molecular weight is 489 g/mol. The van der Waals surface area contributed by atoms with E-state index in [1.165, 1.54) is 12.4 Å². The monoisotopic (exact) mass is 489 g/mol. The average Bonchev–Trinajstić information content (AvgIpc) is 3.20. The fourth-order valence-electron chi connectivity index (χ4n) is 3.13. The number of pyridine rings is 1. The maximum absolute atomic E-state index is 14.7. The summed E-state index contributed by atoms with van der Waals surface area (Å²) in [5.41, 5.74) is -0.841. The van der Waals surface area contributed by atoms with Crippen molar-refractivity contribution < 1.29 is 26.7 Å². The fraction of sp³-hybridized carbons (Fsp3) is 0.136. The van der Waals surface area contributed by atoms with Crippen LogP contribution in [-0.4, -0.2) is 30.6 Å². The number of hydrogen-bond donors (Lipinski definition) is 2. The Morgan fingerprint density at radius 2 is 1.71 bits per heavy atom. The van der Waals surface area contributed by atoms with E-state index in [4.69, 9.17) is 0 Å². The van der Waals surface area contributed by atoms with Gasteiger partial charge in [-0.15, -0.1) is 0 Å². The van der Waals surface area contributed by atoms with Gasteiger partial charge >= 0.3 is 6.18 Å². The van der Waals surface area contributed by atoms with Crippen LogP contribution in [0.1, 0.15) is 11.1 Å². The zero-order chi connectivity index (χ0) is 25.2. The number of carbonyl (C=O) groups excluding carboxylic acids is 1. The summed E-state index contributed by atoms with van der Waals surface area (Å²) in [6.45, 7) is 0. The summed E-state index contributed by atoms with van der Waals surface area (Å²) in [5.74, 6) is -2.32.